The zero-order valence-electron chi connectivity index (χ0n) is 13.1. The van der Waals surface area contributed by atoms with E-state index in [1.54, 1.807) is 6.92 Å². The van der Waals surface area contributed by atoms with Crippen LogP contribution < -0.4 is 11.1 Å². The smallest absolute Gasteiger partial charge is 0.244 e. The molecule has 3 atom stereocenters. The number of carbonyl (C=O) groups excluding carboxylic acids is 1. The van der Waals surface area contributed by atoms with E-state index in [0.717, 1.165) is 18.6 Å². The van der Waals surface area contributed by atoms with Gasteiger partial charge in [0.1, 0.15) is 5.54 Å². The van der Waals surface area contributed by atoms with E-state index in [2.05, 4.69) is 19.2 Å². The van der Waals surface area contributed by atoms with Gasteiger partial charge in [0, 0.05) is 19.1 Å². The zero-order valence-corrected chi connectivity index (χ0v) is 13.1. The van der Waals surface area contributed by atoms with Crippen molar-refractivity contribution < 1.29 is 9.53 Å². The van der Waals surface area contributed by atoms with Crippen LogP contribution in [0.4, 0.5) is 0 Å². The SMILES string of the molecule is CC(C)C1OCCC1CNC(=O)C(C)(N)c1ccccc1. The average molecular weight is 290 g/mol. The lowest BCUT2D eigenvalue weighted by Crippen LogP contribution is -2.50. The number of rotatable bonds is 5. The molecule has 1 aliphatic rings. The first-order valence-corrected chi connectivity index (χ1v) is 7.67. The highest BCUT2D eigenvalue weighted by molar-refractivity contribution is 5.86. The fraction of sp³-hybridized carbons (Fsp3) is 0.588. The third kappa shape index (κ3) is 3.63. The topological polar surface area (TPSA) is 64.3 Å². The second-order valence-corrected chi connectivity index (χ2v) is 6.41. The highest BCUT2D eigenvalue weighted by Gasteiger charge is 2.34. The summed E-state index contributed by atoms with van der Waals surface area (Å²) in [5.74, 6) is 0.705. The van der Waals surface area contributed by atoms with Crippen LogP contribution in [0.2, 0.25) is 0 Å². The summed E-state index contributed by atoms with van der Waals surface area (Å²) in [6.45, 7) is 7.47. The average Bonchev–Trinajstić information content (AvgIpc) is 2.94. The number of hydrogen-bond acceptors (Lipinski definition) is 3. The van der Waals surface area contributed by atoms with E-state index in [1.165, 1.54) is 0 Å². The van der Waals surface area contributed by atoms with Crippen molar-refractivity contribution in [3.05, 3.63) is 35.9 Å². The molecule has 2 rings (SSSR count). The van der Waals surface area contributed by atoms with Crippen molar-refractivity contribution in [2.75, 3.05) is 13.2 Å². The third-order valence-corrected chi connectivity index (χ3v) is 4.29. The summed E-state index contributed by atoms with van der Waals surface area (Å²) in [6, 6.07) is 9.48. The van der Waals surface area contributed by atoms with Crippen molar-refractivity contribution in [3.8, 4) is 0 Å². The van der Waals surface area contributed by atoms with Gasteiger partial charge in [-0.3, -0.25) is 4.79 Å². The Balaban J connectivity index is 1.95. The van der Waals surface area contributed by atoms with Crippen molar-refractivity contribution in [2.45, 2.75) is 38.8 Å². The lowest BCUT2D eigenvalue weighted by Gasteiger charge is -2.27. The second-order valence-electron chi connectivity index (χ2n) is 6.41. The monoisotopic (exact) mass is 290 g/mol. The Morgan fingerprint density at radius 3 is 2.71 bits per heavy atom. The highest BCUT2D eigenvalue weighted by atomic mass is 16.5. The predicted molar refractivity (Wildman–Crippen MR) is 83.7 cm³/mol. The molecule has 116 valence electrons. The molecular weight excluding hydrogens is 264 g/mol. The second kappa shape index (κ2) is 6.58. The molecule has 4 heteroatoms. The van der Waals surface area contributed by atoms with Gasteiger partial charge in [-0.15, -0.1) is 0 Å². The number of hydrogen-bond donors (Lipinski definition) is 2. The van der Waals surface area contributed by atoms with Crippen LogP contribution >= 0.6 is 0 Å². The zero-order chi connectivity index (χ0) is 15.5. The van der Waals surface area contributed by atoms with Crippen molar-refractivity contribution in [1.82, 2.24) is 5.32 Å². The van der Waals surface area contributed by atoms with Gasteiger partial charge in [-0.25, -0.2) is 0 Å². The molecule has 1 heterocycles. The Morgan fingerprint density at radius 2 is 2.10 bits per heavy atom. The van der Waals surface area contributed by atoms with Gasteiger partial charge in [-0.1, -0.05) is 44.2 Å². The standard InChI is InChI=1S/C17H26N2O2/c1-12(2)15-13(9-10-21-15)11-19-16(20)17(3,18)14-7-5-4-6-8-14/h4-8,12-13,15H,9-11,18H2,1-3H3,(H,19,20). The van der Waals surface area contributed by atoms with Crippen LogP contribution in [-0.4, -0.2) is 25.2 Å². The first-order valence-electron chi connectivity index (χ1n) is 7.67. The van der Waals surface area contributed by atoms with Crippen LogP contribution in [0.25, 0.3) is 0 Å². The molecule has 0 radical (unpaired) electrons. The molecule has 0 aromatic heterocycles. The Hall–Kier alpha value is -1.39. The van der Waals surface area contributed by atoms with E-state index >= 15 is 0 Å². The maximum atomic E-state index is 12.4. The molecule has 1 aromatic carbocycles. The van der Waals surface area contributed by atoms with Gasteiger partial charge < -0.3 is 15.8 Å². The van der Waals surface area contributed by atoms with Gasteiger partial charge in [-0.2, -0.15) is 0 Å². The van der Waals surface area contributed by atoms with E-state index in [4.69, 9.17) is 10.5 Å². The lowest BCUT2D eigenvalue weighted by atomic mass is 9.90. The summed E-state index contributed by atoms with van der Waals surface area (Å²) in [6.07, 6.45) is 1.22. The van der Waals surface area contributed by atoms with Crippen LogP contribution in [0.3, 0.4) is 0 Å². The molecule has 3 unspecified atom stereocenters. The van der Waals surface area contributed by atoms with Gasteiger partial charge in [0.05, 0.1) is 6.10 Å². The lowest BCUT2D eigenvalue weighted by molar-refractivity contribution is -0.126. The Bertz CT molecular complexity index is 471. The van der Waals surface area contributed by atoms with Gasteiger partial charge >= 0.3 is 0 Å². The molecular formula is C17H26N2O2. The number of amides is 1. The molecule has 3 N–H and O–H groups in total. The Kier molecular flexibility index (Phi) is 5.01. The van der Waals surface area contributed by atoms with Crippen molar-refractivity contribution in [2.24, 2.45) is 17.6 Å². The Morgan fingerprint density at radius 1 is 1.43 bits per heavy atom. The van der Waals surface area contributed by atoms with Crippen LogP contribution in [0.15, 0.2) is 30.3 Å². The first kappa shape index (κ1) is 16.0. The minimum absolute atomic E-state index is 0.136. The number of ether oxygens (including phenoxy) is 1. The van der Waals surface area contributed by atoms with Crippen LogP contribution in [-0.2, 0) is 15.1 Å². The summed E-state index contributed by atoms with van der Waals surface area (Å²) in [4.78, 5) is 12.4. The van der Waals surface area contributed by atoms with Crippen molar-refractivity contribution in [3.63, 3.8) is 0 Å². The fourth-order valence-electron chi connectivity index (χ4n) is 2.93. The summed E-state index contributed by atoms with van der Waals surface area (Å²) < 4.78 is 5.75. The molecule has 0 aliphatic carbocycles. The van der Waals surface area contributed by atoms with Gasteiger partial charge in [0.15, 0.2) is 0 Å². The van der Waals surface area contributed by atoms with Crippen LogP contribution in [0.5, 0.6) is 0 Å². The third-order valence-electron chi connectivity index (χ3n) is 4.29. The van der Waals surface area contributed by atoms with Gasteiger partial charge in [-0.05, 0) is 24.8 Å². The normalized spacial score (nSPS) is 24.8. The fourth-order valence-corrected chi connectivity index (χ4v) is 2.93. The maximum absolute atomic E-state index is 12.4. The Labute approximate surface area is 127 Å². The van der Waals surface area contributed by atoms with E-state index in [9.17, 15) is 4.79 Å². The van der Waals surface area contributed by atoms with Gasteiger partial charge in [0.25, 0.3) is 0 Å². The first-order chi connectivity index (χ1) is 9.93. The molecule has 1 aromatic rings. The highest BCUT2D eigenvalue weighted by Crippen LogP contribution is 2.26. The van der Waals surface area contributed by atoms with E-state index in [-0.39, 0.29) is 12.0 Å². The number of nitrogens with one attached hydrogen (secondary N) is 1. The molecule has 1 aliphatic heterocycles. The summed E-state index contributed by atoms with van der Waals surface area (Å²) in [5, 5.41) is 3.00. The summed E-state index contributed by atoms with van der Waals surface area (Å²) in [5.41, 5.74) is 6.04. The number of nitrogens with two attached hydrogens (primary N) is 1. The molecule has 0 bridgehead atoms. The molecule has 4 nitrogen and oxygen atoms in total. The molecule has 1 saturated heterocycles. The maximum Gasteiger partial charge on any atom is 0.244 e. The minimum Gasteiger partial charge on any atom is -0.378 e. The molecule has 1 amide bonds. The molecule has 21 heavy (non-hydrogen) atoms. The van der Waals surface area contributed by atoms with E-state index in [1.807, 2.05) is 30.3 Å². The number of benzene rings is 1. The van der Waals surface area contributed by atoms with Crippen LogP contribution in [0, 0.1) is 11.8 Å². The van der Waals surface area contributed by atoms with Crippen molar-refractivity contribution in [1.29, 1.82) is 0 Å². The van der Waals surface area contributed by atoms with E-state index < -0.39 is 5.54 Å². The number of carbonyl (C=O) groups is 1. The van der Waals surface area contributed by atoms with Gasteiger partial charge in [0.2, 0.25) is 5.91 Å². The van der Waals surface area contributed by atoms with E-state index in [0.29, 0.717) is 18.4 Å². The summed E-state index contributed by atoms with van der Waals surface area (Å²) in [7, 11) is 0. The summed E-state index contributed by atoms with van der Waals surface area (Å²) >= 11 is 0. The minimum atomic E-state index is -1.01. The van der Waals surface area contributed by atoms with Crippen LogP contribution in [0.1, 0.15) is 32.8 Å². The molecule has 0 spiro atoms. The quantitative estimate of drug-likeness (QED) is 0.872. The largest absolute Gasteiger partial charge is 0.378 e. The molecule has 1 fully saturated rings. The molecule has 0 saturated carbocycles. The van der Waals surface area contributed by atoms with Crippen molar-refractivity contribution >= 4 is 5.91 Å². The predicted octanol–water partition coefficient (Wildman–Crippen LogP) is 2.04.